The van der Waals surface area contributed by atoms with Crippen molar-refractivity contribution in [1.29, 1.82) is 0 Å². The molecule has 1 saturated heterocycles. The number of hydrogen-bond donors (Lipinski definition) is 1. The van der Waals surface area contributed by atoms with Crippen LogP contribution in [0, 0.1) is 0 Å². The van der Waals surface area contributed by atoms with Crippen LogP contribution >= 0.6 is 11.3 Å². The van der Waals surface area contributed by atoms with Crippen LogP contribution in [-0.2, 0) is 9.59 Å². The molecule has 2 aliphatic rings. The molecule has 0 spiro atoms. The summed E-state index contributed by atoms with van der Waals surface area (Å²) in [6.45, 7) is 7.57. The van der Waals surface area contributed by atoms with Crippen LogP contribution < -0.4 is 5.32 Å². The lowest BCUT2D eigenvalue weighted by molar-refractivity contribution is -0.134. The number of amides is 2. The second kappa shape index (κ2) is 8.90. The van der Waals surface area contributed by atoms with Gasteiger partial charge in [0.25, 0.3) is 0 Å². The molecule has 26 heavy (non-hydrogen) atoms. The Bertz CT molecular complexity index is 619. The maximum absolute atomic E-state index is 12.4. The molecule has 1 aliphatic heterocycles. The van der Waals surface area contributed by atoms with Crippen molar-refractivity contribution in [3.05, 3.63) is 5.01 Å². The number of carbonyl (C=O) groups excluding carboxylic acids is 2. The summed E-state index contributed by atoms with van der Waals surface area (Å²) in [6, 6.07) is 0.723. The van der Waals surface area contributed by atoms with Gasteiger partial charge in [0, 0.05) is 51.0 Å². The molecule has 8 heteroatoms. The van der Waals surface area contributed by atoms with Gasteiger partial charge in [0.15, 0.2) is 0 Å². The van der Waals surface area contributed by atoms with Crippen LogP contribution in [0.15, 0.2) is 0 Å². The molecule has 1 aromatic rings. The predicted octanol–water partition coefficient (Wildman–Crippen LogP) is 2.47. The van der Waals surface area contributed by atoms with E-state index in [2.05, 4.69) is 20.4 Å². The van der Waals surface area contributed by atoms with Gasteiger partial charge in [-0.15, -0.1) is 10.2 Å². The minimum Gasteiger partial charge on any atom is -0.340 e. The first-order valence-corrected chi connectivity index (χ1v) is 10.5. The predicted molar refractivity (Wildman–Crippen MR) is 102 cm³/mol. The van der Waals surface area contributed by atoms with Gasteiger partial charge >= 0.3 is 0 Å². The molecule has 0 aromatic carbocycles. The molecular weight excluding hydrogens is 350 g/mol. The number of nitrogens with one attached hydrogen (secondary N) is 1. The molecule has 2 amide bonds. The highest BCUT2D eigenvalue weighted by Crippen LogP contribution is 2.25. The zero-order valence-corrected chi connectivity index (χ0v) is 16.6. The van der Waals surface area contributed by atoms with Gasteiger partial charge in [-0.1, -0.05) is 38.0 Å². The summed E-state index contributed by atoms with van der Waals surface area (Å²) >= 11 is 1.39. The summed E-state index contributed by atoms with van der Waals surface area (Å²) in [4.78, 5) is 28.9. The lowest BCUT2D eigenvalue weighted by Crippen LogP contribution is -2.51. The van der Waals surface area contributed by atoms with Crippen LogP contribution in [0.1, 0.15) is 63.3 Å². The Balaban J connectivity index is 1.37. The lowest BCUT2D eigenvalue weighted by atomic mass is 10.1. The van der Waals surface area contributed by atoms with Crippen molar-refractivity contribution in [2.24, 2.45) is 0 Å². The van der Waals surface area contributed by atoms with E-state index >= 15 is 0 Å². The molecule has 1 aliphatic carbocycles. The number of nitrogens with zero attached hydrogens (tertiary/aromatic N) is 4. The van der Waals surface area contributed by atoms with Gasteiger partial charge < -0.3 is 10.2 Å². The molecule has 1 saturated carbocycles. The monoisotopic (exact) mass is 379 g/mol. The number of piperazine rings is 1. The van der Waals surface area contributed by atoms with E-state index < -0.39 is 0 Å². The summed E-state index contributed by atoms with van der Waals surface area (Å²) in [5, 5.41) is 12.2. The van der Waals surface area contributed by atoms with E-state index in [-0.39, 0.29) is 24.7 Å². The van der Waals surface area contributed by atoms with Crippen LogP contribution in [0.5, 0.6) is 0 Å². The first kappa shape index (κ1) is 19.2. The fourth-order valence-electron chi connectivity index (χ4n) is 3.68. The molecule has 3 rings (SSSR count). The molecule has 0 radical (unpaired) electrons. The van der Waals surface area contributed by atoms with Crippen LogP contribution in [0.4, 0.5) is 5.13 Å². The van der Waals surface area contributed by atoms with Crippen LogP contribution in [0.2, 0.25) is 0 Å². The number of carbonyl (C=O) groups is 2. The lowest BCUT2D eigenvalue weighted by Gasteiger charge is -2.38. The van der Waals surface area contributed by atoms with E-state index in [0.717, 1.165) is 37.2 Å². The van der Waals surface area contributed by atoms with E-state index in [1.807, 2.05) is 18.7 Å². The van der Waals surface area contributed by atoms with E-state index in [1.165, 1.54) is 37.0 Å². The van der Waals surface area contributed by atoms with Crippen LogP contribution in [0.25, 0.3) is 0 Å². The van der Waals surface area contributed by atoms with Gasteiger partial charge in [0.05, 0.1) is 0 Å². The van der Waals surface area contributed by atoms with Crippen molar-refractivity contribution in [2.75, 3.05) is 31.5 Å². The highest BCUT2D eigenvalue weighted by atomic mass is 32.1. The molecule has 144 valence electrons. The summed E-state index contributed by atoms with van der Waals surface area (Å²) < 4.78 is 0. The second-order valence-electron chi connectivity index (χ2n) is 7.50. The Morgan fingerprint density at radius 2 is 1.81 bits per heavy atom. The molecule has 2 heterocycles. The molecule has 1 aromatic heterocycles. The highest BCUT2D eigenvalue weighted by Gasteiger charge is 2.27. The van der Waals surface area contributed by atoms with Crippen LogP contribution in [-0.4, -0.2) is 64.0 Å². The summed E-state index contributed by atoms with van der Waals surface area (Å²) in [6.07, 6.45) is 5.73. The Hall–Kier alpha value is -1.54. The van der Waals surface area contributed by atoms with E-state index in [0.29, 0.717) is 11.0 Å². The minimum atomic E-state index is -0.172. The first-order valence-electron chi connectivity index (χ1n) is 9.68. The molecule has 1 N–H and O–H groups in total. The molecular formula is C18H29N5O2S. The number of hydrogen-bond acceptors (Lipinski definition) is 6. The Morgan fingerprint density at radius 3 is 2.42 bits per heavy atom. The Labute approximate surface area is 159 Å². The third kappa shape index (κ3) is 5.01. The quantitative estimate of drug-likeness (QED) is 0.821. The van der Waals surface area contributed by atoms with E-state index in [4.69, 9.17) is 0 Å². The van der Waals surface area contributed by atoms with Gasteiger partial charge in [-0.3, -0.25) is 14.5 Å². The van der Waals surface area contributed by atoms with Gasteiger partial charge in [-0.2, -0.15) is 0 Å². The van der Waals surface area contributed by atoms with Gasteiger partial charge in [-0.05, 0) is 12.8 Å². The average Bonchev–Trinajstić information content (AvgIpc) is 3.32. The standard InChI is InChI=1S/C18H29N5O2S/c1-13(2)17-20-21-18(26-17)19-15(24)7-8-16(25)23-11-9-22(10-12-23)14-5-3-4-6-14/h13-14H,3-12H2,1-2H3,(H,19,21,24). The zero-order valence-electron chi connectivity index (χ0n) is 15.7. The smallest absolute Gasteiger partial charge is 0.226 e. The third-order valence-electron chi connectivity index (χ3n) is 5.25. The Kier molecular flexibility index (Phi) is 6.58. The molecule has 0 atom stereocenters. The van der Waals surface area contributed by atoms with Crippen molar-refractivity contribution >= 4 is 28.3 Å². The SMILES string of the molecule is CC(C)c1nnc(NC(=O)CCC(=O)N2CCN(C3CCCC3)CC2)s1. The van der Waals surface area contributed by atoms with Crippen molar-refractivity contribution in [2.45, 2.75) is 64.3 Å². The summed E-state index contributed by atoms with van der Waals surface area (Å²) in [5.74, 6) is 0.198. The first-order chi connectivity index (χ1) is 12.5. The molecule has 0 unspecified atom stereocenters. The van der Waals surface area contributed by atoms with Crippen molar-refractivity contribution in [3.63, 3.8) is 0 Å². The number of aromatic nitrogens is 2. The van der Waals surface area contributed by atoms with Gasteiger partial charge in [0.1, 0.15) is 5.01 Å². The fraction of sp³-hybridized carbons (Fsp3) is 0.778. The molecule has 0 bridgehead atoms. The summed E-state index contributed by atoms with van der Waals surface area (Å²) in [7, 11) is 0. The largest absolute Gasteiger partial charge is 0.340 e. The van der Waals surface area contributed by atoms with Crippen molar-refractivity contribution < 1.29 is 9.59 Å². The van der Waals surface area contributed by atoms with E-state index in [9.17, 15) is 9.59 Å². The summed E-state index contributed by atoms with van der Waals surface area (Å²) in [5.41, 5.74) is 0. The van der Waals surface area contributed by atoms with E-state index in [1.54, 1.807) is 0 Å². The normalized spacial score (nSPS) is 19.3. The molecule has 2 fully saturated rings. The van der Waals surface area contributed by atoms with Gasteiger partial charge in [0.2, 0.25) is 16.9 Å². The Morgan fingerprint density at radius 1 is 1.12 bits per heavy atom. The highest BCUT2D eigenvalue weighted by molar-refractivity contribution is 7.15. The molecule has 7 nitrogen and oxygen atoms in total. The maximum Gasteiger partial charge on any atom is 0.226 e. The van der Waals surface area contributed by atoms with Crippen molar-refractivity contribution in [3.8, 4) is 0 Å². The number of rotatable bonds is 6. The van der Waals surface area contributed by atoms with Gasteiger partial charge in [-0.25, -0.2) is 0 Å². The number of anilines is 1. The zero-order chi connectivity index (χ0) is 18.5. The van der Waals surface area contributed by atoms with Crippen molar-refractivity contribution in [1.82, 2.24) is 20.0 Å². The maximum atomic E-state index is 12.4. The third-order valence-corrected chi connectivity index (χ3v) is 6.39. The topological polar surface area (TPSA) is 78.4 Å². The fourth-order valence-corrected chi connectivity index (χ4v) is 4.45. The van der Waals surface area contributed by atoms with Crippen LogP contribution in [0.3, 0.4) is 0 Å². The minimum absolute atomic E-state index is 0.0753. The second-order valence-corrected chi connectivity index (χ2v) is 8.51. The average molecular weight is 380 g/mol.